The van der Waals surface area contributed by atoms with E-state index < -0.39 is 0 Å². The Bertz CT molecular complexity index is 349. The van der Waals surface area contributed by atoms with Crippen LogP contribution in [0.4, 0.5) is 0 Å². The smallest absolute Gasteiger partial charge is 0.0790 e. The van der Waals surface area contributed by atoms with Gasteiger partial charge in [-0.05, 0) is 59.0 Å². The van der Waals surface area contributed by atoms with Gasteiger partial charge in [0.25, 0.3) is 0 Å². The van der Waals surface area contributed by atoms with Crippen molar-refractivity contribution in [3.63, 3.8) is 0 Å². The van der Waals surface area contributed by atoms with E-state index in [-0.39, 0.29) is 6.10 Å². The standard InChI is InChI=1S/C12H14ClIO/c13-10-7-9(4-5-11(10)14)12(15)6-3-8-1-2-8/h4-5,7-8,12,15H,1-3,6H2. The molecule has 1 nitrogen and oxygen atoms in total. The minimum Gasteiger partial charge on any atom is -0.388 e. The van der Waals surface area contributed by atoms with Crippen LogP contribution in [0, 0.1) is 9.49 Å². The number of aliphatic hydroxyl groups is 1. The normalized spacial score (nSPS) is 17.8. The average Bonchev–Trinajstić information content (AvgIpc) is 3.02. The summed E-state index contributed by atoms with van der Waals surface area (Å²) in [7, 11) is 0. The fraction of sp³-hybridized carbons (Fsp3) is 0.500. The number of halogens is 2. The van der Waals surface area contributed by atoms with E-state index in [9.17, 15) is 5.11 Å². The largest absolute Gasteiger partial charge is 0.388 e. The molecule has 1 saturated carbocycles. The van der Waals surface area contributed by atoms with Crippen molar-refractivity contribution in [3.05, 3.63) is 32.4 Å². The van der Waals surface area contributed by atoms with Gasteiger partial charge >= 0.3 is 0 Å². The molecule has 3 heteroatoms. The van der Waals surface area contributed by atoms with Gasteiger partial charge in [0.05, 0.1) is 11.1 Å². The number of aliphatic hydroxyl groups excluding tert-OH is 1. The van der Waals surface area contributed by atoms with Crippen molar-refractivity contribution >= 4 is 34.2 Å². The Morgan fingerprint density at radius 2 is 2.20 bits per heavy atom. The summed E-state index contributed by atoms with van der Waals surface area (Å²) in [6.07, 6.45) is 4.35. The lowest BCUT2D eigenvalue weighted by Gasteiger charge is -2.11. The van der Waals surface area contributed by atoms with Crippen LogP contribution in [-0.4, -0.2) is 5.11 Å². The molecule has 0 saturated heterocycles. The van der Waals surface area contributed by atoms with Gasteiger partial charge in [-0.2, -0.15) is 0 Å². The van der Waals surface area contributed by atoms with Crippen molar-refractivity contribution in [3.8, 4) is 0 Å². The summed E-state index contributed by atoms with van der Waals surface area (Å²) in [5.74, 6) is 0.874. The maximum atomic E-state index is 9.95. The molecule has 0 radical (unpaired) electrons. The van der Waals surface area contributed by atoms with Gasteiger partial charge in [-0.25, -0.2) is 0 Å². The van der Waals surface area contributed by atoms with Crippen LogP contribution in [-0.2, 0) is 0 Å². The molecule has 1 aliphatic carbocycles. The lowest BCUT2D eigenvalue weighted by molar-refractivity contribution is 0.162. The first-order chi connectivity index (χ1) is 7.16. The molecule has 1 aromatic rings. The molecule has 0 heterocycles. The predicted octanol–water partition coefficient (Wildman–Crippen LogP) is 4.17. The molecule has 1 unspecified atom stereocenters. The number of hydrogen-bond acceptors (Lipinski definition) is 1. The van der Waals surface area contributed by atoms with Crippen LogP contribution in [0.5, 0.6) is 0 Å². The van der Waals surface area contributed by atoms with Gasteiger partial charge in [-0.1, -0.05) is 30.5 Å². The third-order valence-electron chi connectivity index (χ3n) is 2.87. The SMILES string of the molecule is OC(CCC1CC1)c1ccc(I)c(Cl)c1. The first-order valence-corrected chi connectivity index (χ1v) is 6.75. The molecule has 0 spiro atoms. The van der Waals surface area contributed by atoms with Crippen molar-refractivity contribution in [2.45, 2.75) is 31.8 Å². The van der Waals surface area contributed by atoms with Crippen LogP contribution in [0.2, 0.25) is 5.02 Å². The fourth-order valence-electron chi connectivity index (χ4n) is 1.69. The highest BCUT2D eigenvalue weighted by Crippen LogP contribution is 2.36. The van der Waals surface area contributed by atoms with Crippen LogP contribution >= 0.6 is 34.2 Å². The van der Waals surface area contributed by atoms with Crippen molar-refractivity contribution in [1.29, 1.82) is 0 Å². The van der Waals surface area contributed by atoms with Crippen LogP contribution in [0.3, 0.4) is 0 Å². The Hall–Kier alpha value is 0.200. The number of hydrogen-bond donors (Lipinski definition) is 1. The van der Waals surface area contributed by atoms with Gasteiger partial charge < -0.3 is 5.11 Å². The second-order valence-corrected chi connectivity index (χ2v) is 5.78. The quantitative estimate of drug-likeness (QED) is 0.818. The van der Waals surface area contributed by atoms with Gasteiger partial charge in [0, 0.05) is 3.57 Å². The zero-order valence-corrected chi connectivity index (χ0v) is 11.3. The molecule has 1 N–H and O–H groups in total. The van der Waals surface area contributed by atoms with E-state index in [2.05, 4.69) is 22.6 Å². The van der Waals surface area contributed by atoms with E-state index in [1.807, 2.05) is 18.2 Å². The van der Waals surface area contributed by atoms with E-state index in [1.165, 1.54) is 12.8 Å². The third kappa shape index (κ3) is 3.33. The molecule has 0 bridgehead atoms. The lowest BCUT2D eigenvalue weighted by atomic mass is 10.0. The van der Waals surface area contributed by atoms with Crippen molar-refractivity contribution in [2.75, 3.05) is 0 Å². The second kappa shape index (κ2) is 5.02. The molecule has 1 aromatic carbocycles. The van der Waals surface area contributed by atoms with E-state index in [0.717, 1.165) is 32.9 Å². The summed E-state index contributed by atoms with van der Waals surface area (Å²) in [4.78, 5) is 0. The topological polar surface area (TPSA) is 20.2 Å². The van der Waals surface area contributed by atoms with Crippen molar-refractivity contribution in [2.24, 2.45) is 5.92 Å². The zero-order chi connectivity index (χ0) is 10.8. The van der Waals surface area contributed by atoms with Crippen LogP contribution in [0.25, 0.3) is 0 Å². The van der Waals surface area contributed by atoms with E-state index >= 15 is 0 Å². The first kappa shape index (κ1) is 11.7. The molecular formula is C12H14ClIO. The average molecular weight is 337 g/mol. The molecule has 82 valence electrons. The predicted molar refractivity (Wildman–Crippen MR) is 71.1 cm³/mol. The minimum atomic E-state index is -0.347. The summed E-state index contributed by atoms with van der Waals surface area (Å²) in [5.41, 5.74) is 0.945. The summed E-state index contributed by atoms with van der Waals surface area (Å²) in [6, 6.07) is 5.80. The number of benzene rings is 1. The Kier molecular flexibility index (Phi) is 3.91. The molecule has 0 aliphatic heterocycles. The number of rotatable bonds is 4. The molecule has 0 amide bonds. The molecular weight excluding hydrogens is 322 g/mol. The molecule has 1 fully saturated rings. The van der Waals surface area contributed by atoms with Gasteiger partial charge in [-0.15, -0.1) is 0 Å². The van der Waals surface area contributed by atoms with E-state index in [4.69, 9.17) is 11.6 Å². The summed E-state index contributed by atoms with van der Waals surface area (Å²) >= 11 is 8.21. The Morgan fingerprint density at radius 1 is 1.47 bits per heavy atom. The van der Waals surface area contributed by atoms with Gasteiger partial charge in [0.1, 0.15) is 0 Å². The minimum absolute atomic E-state index is 0.347. The van der Waals surface area contributed by atoms with Crippen molar-refractivity contribution < 1.29 is 5.11 Å². The second-order valence-electron chi connectivity index (χ2n) is 4.21. The molecule has 15 heavy (non-hydrogen) atoms. The Labute approximate surface area is 109 Å². The Balaban J connectivity index is 1.97. The highest BCUT2D eigenvalue weighted by molar-refractivity contribution is 14.1. The highest BCUT2D eigenvalue weighted by atomic mass is 127. The highest BCUT2D eigenvalue weighted by Gasteiger charge is 2.22. The van der Waals surface area contributed by atoms with Crippen LogP contribution in [0.1, 0.15) is 37.4 Å². The van der Waals surface area contributed by atoms with Crippen molar-refractivity contribution in [1.82, 2.24) is 0 Å². The van der Waals surface area contributed by atoms with Gasteiger partial charge in [-0.3, -0.25) is 0 Å². The summed E-state index contributed by atoms with van der Waals surface area (Å²) in [6.45, 7) is 0. The lowest BCUT2D eigenvalue weighted by Crippen LogP contribution is -1.98. The summed E-state index contributed by atoms with van der Waals surface area (Å²) in [5, 5.41) is 10.7. The maximum Gasteiger partial charge on any atom is 0.0790 e. The van der Waals surface area contributed by atoms with Crippen LogP contribution in [0.15, 0.2) is 18.2 Å². The molecule has 1 atom stereocenters. The maximum absolute atomic E-state index is 9.95. The van der Waals surface area contributed by atoms with Crippen LogP contribution < -0.4 is 0 Å². The van der Waals surface area contributed by atoms with Gasteiger partial charge in [0.2, 0.25) is 0 Å². The fourth-order valence-corrected chi connectivity index (χ4v) is 2.21. The Morgan fingerprint density at radius 3 is 2.80 bits per heavy atom. The molecule has 1 aliphatic rings. The zero-order valence-electron chi connectivity index (χ0n) is 8.42. The molecule has 0 aromatic heterocycles. The van der Waals surface area contributed by atoms with E-state index in [0.29, 0.717) is 0 Å². The van der Waals surface area contributed by atoms with Gasteiger partial charge in [0.15, 0.2) is 0 Å². The van der Waals surface area contributed by atoms with E-state index in [1.54, 1.807) is 0 Å². The summed E-state index contributed by atoms with van der Waals surface area (Å²) < 4.78 is 1.03. The molecule has 2 rings (SSSR count). The monoisotopic (exact) mass is 336 g/mol. The first-order valence-electron chi connectivity index (χ1n) is 5.30. The third-order valence-corrected chi connectivity index (χ3v) is 4.45.